The lowest BCUT2D eigenvalue weighted by Crippen LogP contribution is -2.13. The van der Waals surface area contributed by atoms with Crippen molar-refractivity contribution in [2.24, 2.45) is 0 Å². The molecule has 0 aliphatic carbocycles. The maximum absolute atomic E-state index is 12.3. The zero-order valence-electron chi connectivity index (χ0n) is 13.7. The van der Waals surface area contributed by atoms with E-state index in [1.165, 1.54) is 0 Å². The fourth-order valence-corrected chi connectivity index (χ4v) is 2.44. The van der Waals surface area contributed by atoms with Gasteiger partial charge in [0.05, 0.1) is 17.2 Å². The molecule has 8 heteroatoms. The highest BCUT2D eigenvalue weighted by molar-refractivity contribution is 6.42. The van der Waals surface area contributed by atoms with Gasteiger partial charge in [-0.1, -0.05) is 29.3 Å². The zero-order chi connectivity index (χ0) is 18.5. The molecule has 26 heavy (non-hydrogen) atoms. The summed E-state index contributed by atoms with van der Waals surface area (Å²) >= 11 is 11.9. The number of carbonyl (C=O) groups excluding carboxylic acids is 1. The summed E-state index contributed by atoms with van der Waals surface area (Å²) in [4.78, 5) is 12.3. The van der Waals surface area contributed by atoms with Crippen LogP contribution in [0, 0.1) is 0 Å². The molecule has 1 amide bonds. The molecule has 1 aromatic heterocycles. The van der Waals surface area contributed by atoms with E-state index in [0.717, 1.165) is 5.69 Å². The number of benzene rings is 2. The van der Waals surface area contributed by atoms with Gasteiger partial charge in [0.15, 0.2) is 11.6 Å². The van der Waals surface area contributed by atoms with Crippen LogP contribution < -0.4 is 15.4 Å². The Bertz CT molecular complexity index is 933. The van der Waals surface area contributed by atoms with Crippen molar-refractivity contribution in [2.75, 3.05) is 17.7 Å². The number of amides is 1. The fraction of sp³-hybridized carbons (Fsp3) is 0.0556. The van der Waals surface area contributed by atoms with Crippen molar-refractivity contribution in [2.45, 2.75) is 0 Å². The first-order chi connectivity index (χ1) is 12.5. The lowest BCUT2D eigenvalue weighted by Gasteiger charge is -2.08. The summed E-state index contributed by atoms with van der Waals surface area (Å²) in [6.45, 7) is 0. The zero-order valence-corrected chi connectivity index (χ0v) is 15.2. The second-order valence-electron chi connectivity index (χ2n) is 5.24. The van der Waals surface area contributed by atoms with Crippen LogP contribution in [0.5, 0.6) is 5.75 Å². The van der Waals surface area contributed by atoms with E-state index in [-0.39, 0.29) is 5.91 Å². The summed E-state index contributed by atoms with van der Waals surface area (Å²) < 4.78 is 5.11. The molecule has 0 radical (unpaired) electrons. The molecular formula is C18H14Cl2N4O2. The Morgan fingerprint density at radius 1 is 0.962 bits per heavy atom. The van der Waals surface area contributed by atoms with Gasteiger partial charge in [0.2, 0.25) is 0 Å². The minimum absolute atomic E-state index is 0.302. The highest BCUT2D eigenvalue weighted by Gasteiger charge is 2.09. The molecule has 0 unspecified atom stereocenters. The number of hydrogen-bond donors (Lipinski definition) is 2. The second-order valence-corrected chi connectivity index (χ2v) is 6.06. The molecule has 0 fully saturated rings. The van der Waals surface area contributed by atoms with Crippen LogP contribution in [-0.2, 0) is 0 Å². The monoisotopic (exact) mass is 388 g/mol. The predicted molar refractivity (Wildman–Crippen MR) is 103 cm³/mol. The van der Waals surface area contributed by atoms with Crippen molar-refractivity contribution in [1.82, 2.24) is 10.2 Å². The number of rotatable bonds is 5. The minimum atomic E-state index is -0.302. The number of carbonyl (C=O) groups is 1. The van der Waals surface area contributed by atoms with Crippen molar-refractivity contribution >= 4 is 46.4 Å². The number of nitrogens with one attached hydrogen (secondary N) is 2. The molecule has 2 aromatic carbocycles. The van der Waals surface area contributed by atoms with Crippen molar-refractivity contribution in [3.05, 3.63) is 70.2 Å². The molecule has 0 saturated heterocycles. The van der Waals surface area contributed by atoms with Crippen molar-refractivity contribution in [3.63, 3.8) is 0 Å². The summed E-state index contributed by atoms with van der Waals surface area (Å²) in [7, 11) is 1.54. The molecule has 0 saturated carbocycles. The molecule has 0 atom stereocenters. The van der Waals surface area contributed by atoms with Gasteiger partial charge in [0.1, 0.15) is 5.75 Å². The molecule has 3 rings (SSSR count). The van der Waals surface area contributed by atoms with Gasteiger partial charge in [-0.25, -0.2) is 0 Å². The molecule has 0 spiro atoms. The first-order valence-electron chi connectivity index (χ1n) is 7.56. The van der Waals surface area contributed by atoms with E-state index in [9.17, 15) is 4.79 Å². The molecule has 0 aliphatic rings. The van der Waals surface area contributed by atoms with Gasteiger partial charge in [-0.05, 0) is 48.5 Å². The Hall–Kier alpha value is -2.83. The smallest absolute Gasteiger partial charge is 0.256 e. The average Bonchev–Trinajstić information content (AvgIpc) is 2.66. The molecular weight excluding hydrogens is 375 g/mol. The van der Waals surface area contributed by atoms with E-state index < -0.39 is 0 Å². The topological polar surface area (TPSA) is 76.1 Å². The predicted octanol–water partition coefficient (Wildman–Crippen LogP) is 4.79. The van der Waals surface area contributed by atoms with Gasteiger partial charge in [-0.2, -0.15) is 0 Å². The fourth-order valence-electron chi connectivity index (χ4n) is 2.14. The van der Waals surface area contributed by atoms with Crippen LogP contribution in [0.25, 0.3) is 0 Å². The van der Waals surface area contributed by atoms with Gasteiger partial charge in [0, 0.05) is 11.3 Å². The Morgan fingerprint density at radius 3 is 2.42 bits per heavy atom. The van der Waals surface area contributed by atoms with Crippen LogP contribution in [-0.4, -0.2) is 23.2 Å². The van der Waals surface area contributed by atoms with Crippen LogP contribution in [0.4, 0.5) is 17.3 Å². The Kier molecular flexibility index (Phi) is 5.55. The first kappa shape index (κ1) is 18.0. The third-order valence-electron chi connectivity index (χ3n) is 3.43. The number of ether oxygens (including phenoxy) is 1. The third kappa shape index (κ3) is 4.41. The molecule has 3 aromatic rings. The number of aromatic nitrogens is 2. The van der Waals surface area contributed by atoms with E-state index >= 15 is 0 Å². The number of nitrogens with zero attached hydrogens (tertiary/aromatic N) is 2. The van der Waals surface area contributed by atoms with Gasteiger partial charge >= 0.3 is 0 Å². The van der Waals surface area contributed by atoms with Crippen LogP contribution >= 0.6 is 23.2 Å². The molecule has 132 valence electrons. The Labute approximate surface area is 160 Å². The van der Waals surface area contributed by atoms with Gasteiger partial charge < -0.3 is 15.4 Å². The third-order valence-corrected chi connectivity index (χ3v) is 4.17. The lowest BCUT2D eigenvalue weighted by atomic mass is 10.2. The maximum Gasteiger partial charge on any atom is 0.256 e. The molecule has 6 nitrogen and oxygen atoms in total. The normalized spacial score (nSPS) is 10.3. The van der Waals surface area contributed by atoms with Gasteiger partial charge in [0.25, 0.3) is 5.91 Å². The lowest BCUT2D eigenvalue weighted by molar-refractivity contribution is 0.102. The van der Waals surface area contributed by atoms with Gasteiger partial charge in [-0.3, -0.25) is 4.79 Å². The SMILES string of the molecule is COc1cccc(C(=O)Nc2ccc(Nc3ccc(Cl)c(Cl)c3)nn2)c1. The summed E-state index contributed by atoms with van der Waals surface area (Å²) in [5, 5.41) is 14.7. The first-order valence-corrected chi connectivity index (χ1v) is 8.32. The van der Waals surface area contributed by atoms with E-state index in [4.69, 9.17) is 27.9 Å². The quantitative estimate of drug-likeness (QED) is 0.656. The average molecular weight is 389 g/mol. The molecule has 1 heterocycles. The van der Waals surface area contributed by atoms with Crippen molar-refractivity contribution in [3.8, 4) is 5.75 Å². The summed E-state index contributed by atoms with van der Waals surface area (Å²) in [5.41, 5.74) is 1.19. The molecule has 0 aliphatic heterocycles. The second kappa shape index (κ2) is 8.03. The van der Waals surface area contributed by atoms with E-state index in [1.807, 2.05) is 0 Å². The Morgan fingerprint density at radius 2 is 1.73 bits per heavy atom. The van der Waals surface area contributed by atoms with Crippen LogP contribution in [0.1, 0.15) is 10.4 Å². The summed E-state index contributed by atoms with van der Waals surface area (Å²) in [6.07, 6.45) is 0. The van der Waals surface area contributed by atoms with Crippen LogP contribution in [0.2, 0.25) is 10.0 Å². The van der Waals surface area contributed by atoms with E-state index in [0.29, 0.717) is 33.0 Å². The number of halogens is 2. The summed E-state index contributed by atoms with van der Waals surface area (Å²) in [6, 6.07) is 15.3. The maximum atomic E-state index is 12.3. The number of anilines is 3. The van der Waals surface area contributed by atoms with Gasteiger partial charge in [-0.15, -0.1) is 10.2 Å². The molecule has 2 N–H and O–H groups in total. The van der Waals surface area contributed by atoms with Crippen molar-refractivity contribution in [1.29, 1.82) is 0 Å². The van der Waals surface area contributed by atoms with Crippen molar-refractivity contribution < 1.29 is 9.53 Å². The minimum Gasteiger partial charge on any atom is -0.497 e. The Balaban J connectivity index is 1.67. The number of hydrogen-bond acceptors (Lipinski definition) is 5. The highest BCUT2D eigenvalue weighted by atomic mass is 35.5. The highest BCUT2D eigenvalue weighted by Crippen LogP contribution is 2.26. The van der Waals surface area contributed by atoms with Crippen LogP contribution in [0.15, 0.2) is 54.6 Å². The van der Waals surface area contributed by atoms with E-state index in [1.54, 1.807) is 61.7 Å². The summed E-state index contributed by atoms with van der Waals surface area (Å²) in [5.74, 6) is 1.13. The van der Waals surface area contributed by atoms with Crippen LogP contribution in [0.3, 0.4) is 0 Å². The largest absolute Gasteiger partial charge is 0.497 e. The standard InChI is InChI=1S/C18H14Cl2N4O2/c1-26-13-4-2-3-11(9-13)18(25)22-17-8-7-16(23-24-17)21-12-5-6-14(19)15(20)10-12/h2-10H,1H3,(H,21,23)(H,22,24,25). The van der Waals surface area contributed by atoms with E-state index in [2.05, 4.69) is 20.8 Å². The molecule has 0 bridgehead atoms. The number of methoxy groups -OCH3 is 1.